The molecule has 0 aliphatic rings. The number of hydrogen-bond donors (Lipinski definition) is 0. The summed E-state index contributed by atoms with van der Waals surface area (Å²) in [5, 5.41) is 0. The minimum absolute atomic E-state index is 0.126. The Morgan fingerprint density at radius 1 is 0.926 bits per heavy atom. The van der Waals surface area contributed by atoms with Crippen molar-refractivity contribution >= 4 is 5.97 Å². The molecule has 0 heterocycles. The van der Waals surface area contributed by atoms with Crippen LogP contribution in [0.3, 0.4) is 0 Å². The van der Waals surface area contributed by atoms with E-state index in [1.807, 2.05) is 57.2 Å². The van der Waals surface area contributed by atoms with Crippen molar-refractivity contribution in [3.63, 3.8) is 0 Å². The van der Waals surface area contributed by atoms with Gasteiger partial charge in [0, 0.05) is 24.2 Å². The quantitative estimate of drug-likeness (QED) is 0.465. The summed E-state index contributed by atoms with van der Waals surface area (Å²) in [6.45, 7) is 14.4. The minimum atomic E-state index is -0.527. The summed E-state index contributed by atoms with van der Waals surface area (Å²) in [7, 11) is 0. The predicted octanol–water partition coefficient (Wildman–Crippen LogP) is 5.71. The second kappa shape index (κ2) is 9.01. The molecule has 2 aromatic carbocycles. The van der Waals surface area contributed by atoms with Crippen LogP contribution in [-0.2, 0) is 9.53 Å². The number of nitrogens with zero attached hydrogens (tertiary/aromatic N) is 1. The molecule has 2 aromatic rings. The molecule has 0 aliphatic carbocycles. The Balaban J connectivity index is 2.27. The lowest BCUT2D eigenvalue weighted by atomic mass is 10.00. The van der Waals surface area contributed by atoms with Crippen molar-refractivity contribution in [1.82, 2.24) is 4.90 Å². The molecule has 27 heavy (non-hydrogen) atoms. The third-order valence-electron chi connectivity index (χ3n) is 4.62. The normalized spacial score (nSPS) is 13.9. The van der Waals surface area contributed by atoms with Crippen LogP contribution in [0.1, 0.15) is 57.8 Å². The average Bonchev–Trinajstić information content (AvgIpc) is 2.65. The summed E-state index contributed by atoms with van der Waals surface area (Å²) in [6, 6.07) is 20.9. The Bertz CT molecular complexity index is 701. The highest BCUT2D eigenvalue weighted by Gasteiger charge is 2.26. The molecule has 0 aliphatic heterocycles. The first-order valence-electron chi connectivity index (χ1n) is 9.46. The van der Waals surface area contributed by atoms with E-state index in [9.17, 15) is 4.79 Å². The van der Waals surface area contributed by atoms with Crippen LogP contribution in [0.15, 0.2) is 72.8 Å². The number of carbonyl (C=O) groups excluding carboxylic acids is 1. The van der Waals surface area contributed by atoms with Gasteiger partial charge in [-0.05, 0) is 45.7 Å². The zero-order valence-electron chi connectivity index (χ0n) is 17.1. The van der Waals surface area contributed by atoms with E-state index in [1.54, 1.807) is 0 Å². The summed E-state index contributed by atoms with van der Waals surface area (Å²) in [6.07, 6.45) is 0. The minimum Gasteiger partial charge on any atom is -0.457 e. The second-order valence-electron chi connectivity index (χ2n) is 7.95. The fourth-order valence-electron chi connectivity index (χ4n) is 3.09. The SMILES string of the molecule is C=C(CN([C@@H](C)c1ccccc1)[C@@H](C)c1ccccc1)C(=O)OC(C)(C)C. The van der Waals surface area contributed by atoms with E-state index in [1.165, 1.54) is 11.1 Å². The summed E-state index contributed by atoms with van der Waals surface area (Å²) in [5.41, 5.74) is 2.35. The van der Waals surface area contributed by atoms with Crippen LogP contribution >= 0.6 is 0 Å². The van der Waals surface area contributed by atoms with Gasteiger partial charge in [0.2, 0.25) is 0 Å². The molecule has 0 amide bonds. The van der Waals surface area contributed by atoms with Crippen molar-refractivity contribution in [1.29, 1.82) is 0 Å². The Kier molecular flexibility index (Phi) is 6.98. The highest BCUT2D eigenvalue weighted by Crippen LogP contribution is 2.31. The van der Waals surface area contributed by atoms with Crippen LogP contribution in [0.4, 0.5) is 0 Å². The monoisotopic (exact) mass is 365 g/mol. The number of esters is 1. The van der Waals surface area contributed by atoms with Gasteiger partial charge in [-0.15, -0.1) is 0 Å². The van der Waals surface area contributed by atoms with Gasteiger partial charge in [0.1, 0.15) is 5.60 Å². The van der Waals surface area contributed by atoms with E-state index < -0.39 is 5.60 Å². The summed E-state index contributed by atoms with van der Waals surface area (Å²) in [5.74, 6) is -0.340. The molecule has 0 aromatic heterocycles. The van der Waals surface area contributed by atoms with Crippen molar-refractivity contribution in [2.75, 3.05) is 6.54 Å². The van der Waals surface area contributed by atoms with Crippen molar-refractivity contribution in [2.45, 2.75) is 52.3 Å². The van der Waals surface area contributed by atoms with Crippen LogP contribution in [-0.4, -0.2) is 23.0 Å². The second-order valence-corrected chi connectivity index (χ2v) is 7.95. The highest BCUT2D eigenvalue weighted by atomic mass is 16.6. The molecule has 0 unspecified atom stereocenters. The third-order valence-corrected chi connectivity index (χ3v) is 4.62. The van der Waals surface area contributed by atoms with Gasteiger partial charge in [-0.1, -0.05) is 67.2 Å². The molecule has 3 heteroatoms. The first-order valence-corrected chi connectivity index (χ1v) is 9.46. The molecule has 2 atom stereocenters. The van der Waals surface area contributed by atoms with Gasteiger partial charge < -0.3 is 4.74 Å². The smallest absolute Gasteiger partial charge is 0.335 e. The molecule has 0 saturated carbocycles. The number of carbonyl (C=O) groups is 1. The molecule has 144 valence electrons. The van der Waals surface area contributed by atoms with Crippen LogP contribution in [0.25, 0.3) is 0 Å². The van der Waals surface area contributed by atoms with Gasteiger partial charge in [0.25, 0.3) is 0 Å². The van der Waals surface area contributed by atoms with Gasteiger partial charge >= 0.3 is 5.97 Å². The fourth-order valence-corrected chi connectivity index (χ4v) is 3.09. The highest BCUT2D eigenvalue weighted by molar-refractivity contribution is 5.88. The summed E-state index contributed by atoms with van der Waals surface area (Å²) < 4.78 is 5.51. The molecule has 0 bridgehead atoms. The lowest BCUT2D eigenvalue weighted by Crippen LogP contribution is -2.35. The van der Waals surface area contributed by atoms with E-state index in [0.717, 1.165) is 0 Å². The van der Waals surface area contributed by atoms with Crippen molar-refractivity contribution in [3.05, 3.63) is 83.9 Å². The molecular formula is C24H31NO2. The first kappa shape index (κ1) is 20.9. The van der Waals surface area contributed by atoms with Crippen LogP contribution < -0.4 is 0 Å². The molecule has 0 N–H and O–H groups in total. The third kappa shape index (κ3) is 6.07. The predicted molar refractivity (Wildman–Crippen MR) is 111 cm³/mol. The lowest BCUT2D eigenvalue weighted by Gasteiger charge is -2.35. The maximum Gasteiger partial charge on any atom is 0.335 e. The molecule has 0 radical (unpaired) electrons. The van der Waals surface area contributed by atoms with Gasteiger partial charge in [-0.3, -0.25) is 4.90 Å². The van der Waals surface area contributed by atoms with Crippen LogP contribution in [0, 0.1) is 0 Å². The summed E-state index contributed by atoms with van der Waals surface area (Å²) >= 11 is 0. The molecule has 0 spiro atoms. The van der Waals surface area contributed by atoms with E-state index in [4.69, 9.17) is 4.74 Å². The Labute approximate surface area is 163 Å². The first-order chi connectivity index (χ1) is 12.7. The zero-order chi connectivity index (χ0) is 20.0. The van der Waals surface area contributed by atoms with E-state index in [0.29, 0.717) is 12.1 Å². The lowest BCUT2D eigenvalue weighted by molar-refractivity contribution is -0.150. The van der Waals surface area contributed by atoms with Crippen LogP contribution in [0.5, 0.6) is 0 Å². The molecule has 2 rings (SSSR count). The maximum absolute atomic E-state index is 12.5. The van der Waals surface area contributed by atoms with Gasteiger partial charge in [0.15, 0.2) is 0 Å². The Morgan fingerprint density at radius 2 is 1.33 bits per heavy atom. The Hall–Kier alpha value is -2.39. The van der Waals surface area contributed by atoms with E-state index >= 15 is 0 Å². The molecule has 3 nitrogen and oxygen atoms in total. The van der Waals surface area contributed by atoms with Gasteiger partial charge in [-0.25, -0.2) is 4.79 Å². The van der Waals surface area contributed by atoms with Gasteiger partial charge in [-0.2, -0.15) is 0 Å². The standard InChI is InChI=1S/C24H31NO2/c1-18(23(26)27-24(4,5)6)17-25(19(2)21-13-9-7-10-14-21)20(3)22-15-11-8-12-16-22/h7-16,19-20H,1,17H2,2-6H3/t19-,20-/m0/s1. The molecular weight excluding hydrogens is 334 g/mol. The van der Waals surface area contributed by atoms with E-state index in [2.05, 4.69) is 49.6 Å². The van der Waals surface area contributed by atoms with Crippen molar-refractivity contribution in [3.8, 4) is 0 Å². The topological polar surface area (TPSA) is 29.5 Å². The number of benzene rings is 2. The zero-order valence-corrected chi connectivity index (χ0v) is 17.1. The largest absolute Gasteiger partial charge is 0.457 e. The maximum atomic E-state index is 12.5. The Morgan fingerprint density at radius 3 is 1.70 bits per heavy atom. The van der Waals surface area contributed by atoms with Crippen LogP contribution in [0.2, 0.25) is 0 Å². The molecule has 0 fully saturated rings. The van der Waals surface area contributed by atoms with Crippen molar-refractivity contribution < 1.29 is 9.53 Å². The van der Waals surface area contributed by atoms with Gasteiger partial charge in [0.05, 0.1) is 0 Å². The summed E-state index contributed by atoms with van der Waals surface area (Å²) in [4.78, 5) is 14.8. The number of ether oxygens (including phenoxy) is 1. The van der Waals surface area contributed by atoms with E-state index in [-0.39, 0.29) is 18.1 Å². The number of hydrogen-bond acceptors (Lipinski definition) is 3. The average molecular weight is 366 g/mol. The number of rotatable bonds is 7. The van der Waals surface area contributed by atoms with Crippen molar-refractivity contribution in [2.24, 2.45) is 0 Å². The molecule has 0 saturated heterocycles. The fraction of sp³-hybridized carbons (Fsp3) is 0.375.